The van der Waals surface area contributed by atoms with Gasteiger partial charge in [0.2, 0.25) is 0 Å². The summed E-state index contributed by atoms with van der Waals surface area (Å²) in [5.41, 5.74) is -1.04. The molecule has 1 aromatic heterocycles. The Labute approximate surface area is 134 Å². The summed E-state index contributed by atoms with van der Waals surface area (Å²) < 4.78 is 10.1. The van der Waals surface area contributed by atoms with Gasteiger partial charge in [0, 0.05) is 0 Å². The highest BCUT2D eigenvalue weighted by molar-refractivity contribution is 5.96. The summed E-state index contributed by atoms with van der Waals surface area (Å²) in [4.78, 5) is 24.3. The quantitative estimate of drug-likeness (QED) is 0.819. The zero-order valence-electron chi connectivity index (χ0n) is 13.0. The molecule has 2 aromatic rings. The fraction of sp³-hybridized carbons (Fsp3) is 0.294. The smallest absolute Gasteiger partial charge is 0.334 e. The molecule has 0 radical (unpaired) electrons. The van der Waals surface area contributed by atoms with Crippen LogP contribution in [-0.2, 0) is 10.3 Å². The van der Waals surface area contributed by atoms with Crippen LogP contribution in [0.25, 0.3) is 0 Å². The van der Waals surface area contributed by atoms with Crippen molar-refractivity contribution in [3.63, 3.8) is 0 Å². The lowest BCUT2D eigenvalue weighted by Crippen LogP contribution is -2.51. The number of aliphatic carboxylic acids is 1. The molecule has 0 saturated heterocycles. The van der Waals surface area contributed by atoms with Crippen molar-refractivity contribution in [2.24, 2.45) is 0 Å². The Balaban J connectivity index is 2.41. The van der Waals surface area contributed by atoms with Crippen molar-refractivity contribution in [2.45, 2.75) is 25.3 Å². The number of methoxy groups -OCH3 is 1. The van der Waals surface area contributed by atoms with Crippen LogP contribution in [0, 0.1) is 0 Å². The molecule has 6 heteroatoms. The maximum absolute atomic E-state index is 12.3. The lowest BCUT2D eigenvalue weighted by molar-refractivity contribution is -0.145. The molecule has 0 fully saturated rings. The SMILES string of the molecule is CCCC(NC(=O)c1ccco1)(C(=O)O)c1ccc(OC)cc1. The Kier molecular flexibility index (Phi) is 5.05. The van der Waals surface area contributed by atoms with E-state index in [1.165, 1.54) is 19.4 Å². The molecular formula is C17H19NO5. The summed E-state index contributed by atoms with van der Waals surface area (Å²) >= 11 is 0. The first-order chi connectivity index (χ1) is 11.0. The van der Waals surface area contributed by atoms with Crippen molar-refractivity contribution < 1.29 is 23.8 Å². The largest absolute Gasteiger partial charge is 0.497 e. The van der Waals surface area contributed by atoms with Gasteiger partial charge in [-0.2, -0.15) is 0 Å². The summed E-state index contributed by atoms with van der Waals surface area (Å²) in [7, 11) is 1.53. The van der Waals surface area contributed by atoms with Crippen molar-refractivity contribution in [3.8, 4) is 5.75 Å². The standard InChI is InChI=1S/C17H19NO5/c1-3-10-17(16(20)21,12-6-8-13(22-2)9-7-12)18-15(19)14-5-4-11-23-14/h4-9,11H,3,10H2,1-2H3,(H,18,19)(H,20,21). The van der Waals surface area contributed by atoms with Gasteiger partial charge >= 0.3 is 5.97 Å². The Morgan fingerprint density at radius 2 is 1.96 bits per heavy atom. The van der Waals surface area contributed by atoms with E-state index in [2.05, 4.69) is 5.32 Å². The topological polar surface area (TPSA) is 88.8 Å². The van der Waals surface area contributed by atoms with E-state index in [1.807, 2.05) is 6.92 Å². The predicted molar refractivity (Wildman–Crippen MR) is 83.4 cm³/mol. The second-order valence-electron chi connectivity index (χ2n) is 5.12. The van der Waals surface area contributed by atoms with Crippen LogP contribution >= 0.6 is 0 Å². The number of ether oxygens (including phenoxy) is 1. The number of benzene rings is 1. The van der Waals surface area contributed by atoms with Crippen LogP contribution in [0.5, 0.6) is 5.75 Å². The molecule has 122 valence electrons. The van der Waals surface area contributed by atoms with Gasteiger partial charge in [-0.3, -0.25) is 4.79 Å². The van der Waals surface area contributed by atoms with E-state index in [4.69, 9.17) is 9.15 Å². The highest BCUT2D eigenvalue weighted by atomic mass is 16.5. The van der Waals surface area contributed by atoms with E-state index in [-0.39, 0.29) is 12.2 Å². The summed E-state index contributed by atoms with van der Waals surface area (Å²) in [6.45, 7) is 1.86. The maximum atomic E-state index is 12.3. The van der Waals surface area contributed by atoms with Gasteiger partial charge in [-0.25, -0.2) is 4.79 Å². The third kappa shape index (κ3) is 3.36. The number of nitrogens with one attached hydrogen (secondary N) is 1. The van der Waals surface area contributed by atoms with Crippen LogP contribution in [-0.4, -0.2) is 24.1 Å². The van der Waals surface area contributed by atoms with Crippen molar-refractivity contribution in [2.75, 3.05) is 7.11 Å². The molecule has 1 heterocycles. The molecule has 0 saturated carbocycles. The van der Waals surface area contributed by atoms with Crippen LogP contribution in [0.4, 0.5) is 0 Å². The molecule has 2 rings (SSSR count). The third-order valence-electron chi connectivity index (χ3n) is 3.64. The van der Waals surface area contributed by atoms with Gasteiger partial charge in [0.1, 0.15) is 5.75 Å². The summed E-state index contributed by atoms with van der Waals surface area (Å²) in [6.07, 6.45) is 2.20. The van der Waals surface area contributed by atoms with Crippen molar-refractivity contribution in [1.29, 1.82) is 0 Å². The van der Waals surface area contributed by atoms with E-state index in [0.29, 0.717) is 17.7 Å². The zero-order valence-corrected chi connectivity index (χ0v) is 13.0. The Morgan fingerprint density at radius 3 is 2.43 bits per heavy atom. The number of hydrogen-bond donors (Lipinski definition) is 2. The van der Waals surface area contributed by atoms with Crippen molar-refractivity contribution in [1.82, 2.24) is 5.32 Å². The predicted octanol–water partition coefficient (Wildman–Crippen LogP) is 2.80. The van der Waals surface area contributed by atoms with Crippen molar-refractivity contribution >= 4 is 11.9 Å². The molecule has 2 N–H and O–H groups in total. The maximum Gasteiger partial charge on any atom is 0.334 e. The molecule has 1 aromatic carbocycles. The second kappa shape index (κ2) is 7.00. The second-order valence-corrected chi connectivity index (χ2v) is 5.12. The summed E-state index contributed by atoms with van der Waals surface area (Å²) in [6, 6.07) is 9.69. The monoisotopic (exact) mass is 317 g/mol. The number of carboxylic acid groups (broad SMARTS) is 1. The number of carbonyl (C=O) groups excluding carboxylic acids is 1. The lowest BCUT2D eigenvalue weighted by Gasteiger charge is -2.30. The number of amides is 1. The normalized spacial score (nSPS) is 13.1. The molecule has 6 nitrogen and oxygen atoms in total. The van der Waals surface area contributed by atoms with Gasteiger partial charge in [0.15, 0.2) is 11.3 Å². The minimum atomic E-state index is -1.52. The minimum Gasteiger partial charge on any atom is -0.497 e. The highest BCUT2D eigenvalue weighted by Crippen LogP contribution is 2.29. The van der Waals surface area contributed by atoms with Gasteiger partial charge in [-0.1, -0.05) is 25.5 Å². The fourth-order valence-corrected chi connectivity index (χ4v) is 2.48. The molecule has 23 heavy (non-hydrogen) atoms. The Morgan fingerprint density at radius 1 is 1.26 bits per heavy atom. The fourth-order valence-electron chi connectivity index (χ4n) is 2.48. The molecule has 1 atom stereocenters. The zero-order chi connectivity index (χ0) is 16.9. The highest BCUT2D eigenvalue weighted by Gasteiger charge is 2.41. The van der Waals surface area contributed by atoms with Crippen LogP contribution in [0.2, 0.25) is 0 Å². The van der Waals surface area contributed by atoms with E-state index in [9.17, 15) is 14.7 Å². The van der Waals surface area contributed by atoms with Gasteiger partial charge in [0.05, 0.1) is 13.4 Å². The average molecular weight is 317 g/mol. The molecule has 0 aliphatic rings. The Hall–Kier alpha value is -2.76. The number of hydrogen-bond acceptors (Lipinski definition) is 4. The van der Waals surface area contributed by atoms with Gasteiger partial charge in [-0.05, 0) is 36.2 Å². The molecule has 0 spiro atoms. The first-order valence-corrected chi connectivity index (χ1v) is 7.27. The van der Waals surface area contributed by atoms with Gasteiger partial charge < -0.3 is 19.6 Å². The number of furan rings is 1. The Bertz CT molecular complexity index is 663. The van der Waals surface area contributed by atoms with Gasteiger partial charge in [-0.15, -0.1) is 0 Å². The molecule has 1 unspecified atom stereocenters. The average Bonchev–Trinajstić information content (AvgIpc) is 3.09. The molecular weight excluding hydrogens is 298 g/mol. The number of carboxylic acids is 1. The number of carbonyl (C=O) groups is 2. The van der Waals surface area contributed by atoms with E-state index >= 15 is 0 Å². The van der Waals surface area contributed by atoms with Crippen LogP contribution in [0.3, 0.4) is 0 Å². The third-order valence-corrected chi connectivity index (χ3v) is 3.64. The van der Waals surface area contributed by atoms with Crippen molar-refractivity contribution in [3.05, 3.63) is 54.0 Å². The molecule has 0 bridgehead atoms. The molecule has 0 aliphatic heterocycles. The summed E-state index contributed by atoms with van der Waals surface area (Å²) in [5.74, 6) is -1.01. The van der Waals surface area contributed by atoms with Crippen LogP contribution in [0.1, 0.15) is 35.9 Å². The van der Waals surface area contributed by atoms with Gasteiger partial charge in [0.25, 0.3) is 5.91 Å². The first-order valence-electron chi connectivity index (χ1n) is 7.27. The molecule has 1 amide bonds. The summed E-state index contributed by atoms with van der Waals surface area (Å²) in [5, 5.41) is 12.4. The lowest BCUT2D eigenvalue weighted by atomic mass is 9.85. The van der Waals surface area contributed by atoms with E-state index < -0.39 is 17.4 Å². The first kappa shape index (κ1) is 16.6. The molecule has 0 aliphatic carbocycles. The van der Waals surface area contributed by atoms with Crippen LogP contribution < -0.4 is 10.1 Å². The minimum absolute atomic E-state index is 0.0697. The number of rotatable bonds is 7. The van der Waals surface area contributed by atoms with Crippen LogP contribution in [0.15, 0.2) is 47.1 Å². The van der Waals surface area contributed by atoms with E-state index in [0.717, 1.165) is 0 Å². The van der Waals surface area contributed by atoms with E-state index in [1.54, 1.807) is 30.3 Å².